The summed E-state index contributed by atoms with van der Waals surface area (Å²) >= 11 is 0. The zero-order valence-electron chi connectivity index (χ0n) is 11.9. The van der Waals surface area contributed by atoms with Crippen molar-refractivity contribution in [1.82, 2.24) is 5.32 Å². The Balaban J connectivity index is 1.77. The summed E-state index contributed by atoms with van der Waals surface area (Å²) in [5, 5.41) is 3.98. The van der Waals surface area contributed by atoms with Gasteiger partial charge in [0.15, 0.2) is 0 Å². The molecule has 0 aromatic heterocycles. The van der Waals surface area contributed by atoms with E-state index in [2.05, 4.69) is 19.2 Å². The zero-order chi connectivity index (χ0) is 12.1. The quantitative estimate of drug-likeness (QED) is 0.712. The summed E-state index contributed by atoms with van der Waals surface area (Å²) in [6, 6.07) is 1.67. The van der Waals surface area contributed by atoms with Crippen LogP contribution in [0.4, 0.5) is 0 Å². The molecular weight excluding hydrogens is 206 g/mol. The fourth-order valence-electron chi connectivity index (χ4n) is 3.76. The highest BCUT2D eigenvalue weighted by molar-refractivity contribution is 4.83. The van der Waals surface area contributed by atoms with Crippen LogP contribution in [0.3, 0.4) is 0 Å². The first kappa shape index (κ1) is 13.4. The minimum absolute atomic E-state index is 0.833. The molecular formula is C16H31N. The third-order valence-electron chi connectivity index (χ3n) is 4.98. The van der Waals surface area contributed by atoms with Crippen molar-refractivity contribution in [2.75, 3.05) is 0 Å². The van der Waals surface area contributed by atoms with Gasteiger partial charge >= 0.3 is 0 Å². The molecule has 17 heavy (non-hydrogen) atoms. The Morgan fingerprint density at radius 3 is 2.06 bits per heavy atom. The Hall–Kier alpha value is -0.0400. The largest absolute Gasteiger partial charge is 0.311 e. The van der Waals surface area contributed by atoms with Crippen LogP contribution in [0.25, 0.3) is 0 Å². The van der Waals surface area contributed by atoms with E-state index >= 15 is 0 Å². The van der Waals surface area contributed by atoms with Gasteiger partial charge < -0.3 is 5.32 Å². The lowest BCUT2D eigenvalue weighted by Crippen LogP contribution is -2.41. The van der Waals surface area contributed by atoms with Crippen molar-refractivity contribution in [3.05, 3.63) is 0 Å². The Morgan fingerprint density at radius 1 is 0.765 bits per heavy atom. The highest BCUT2D eigenvalue weighted by Gasteiger charge is 2.25. The molecule has 1 N–H and O–H groups in total. The molecule has 2 saturated carbocycles. The molecule has 0 bridgehead atoms. The summed E-state index contributed by atoms with van der Waals surface area (Å²) in [4.78, 5) is 0. The average molecular weight is 237 g/mol. The van der Waals surface area contributed by atoms with Gasteiger partial charge in [-0.1, -0.05) is 52.4 Å². The molecule has 2 aliphatic carbocycles. The minimum atomic E-state index is 0.833. The van der Waals surface area contributed by atoms with E-state index in [1.54, 1.807) is 0 Å². The van der Waals surface area contributed by atoms with Crippen molar-refractivity contribution in [2.24, 2.45) is 11.8 Å². The van der Waals surface area contributed by atoms with Crippen LogP contribution in [0, 0.1) is 11.8 Å². The molecule has 1 nitrogen and oxygen atoms in total. The van der Waals surface area contributed by atoms with E-state index in [9.17, 15) is 0 Å². The van der Waals surface area contributed by atoms with E-state index in [1.807, 2.05) is 0 Å². The first-order chi connectivity index (χ1) is 8.25. The molecule has 0 radical (unpaired) electrons. The van der Waals surface area contributed by atoms with Gasteiger partial charge in [-0.05, 0) is 37.5 Å². The second-order valence-electron chi connectivity index (χ2n) is 6.72. The first-order valence-corrected chi connectivity index (χ1v) is 8.01. The van der Waals surface area contributed by atoms with Crippen molar-refractivity contribution in [2.45, 2.75) is 90.1 Å². The molecule has 0 aliphatic heterocycles. The van der Waals surface area contributed by atoms with Gasteiger partial charge in [-0.3, -0.25) is 0 Å². The summed E-state index contributed by atoms with van der Waals surface area (Å²) in [6.07, 6.45) is 14.5. The van der Waals surface area contributed by atoms with Gasteiger partial charge in [0.1, 0.15) is 0 Å². The summed E-state index contributed by atoms with van der Waals surface area (Å²) in [6.45, 7) is 4.80. The van der Waals surface area contributed by atoms with Crippen molar-refractivity contribution in [1.29, 1.82) is 0 Å². The summed E-state index contributed by atoms with van der Waals surface area (Å²) in [7, 11) is 0. The zero-order valence-corrected chi connectivity index (χ0v) is 11.9. The van der Waals surface area contributed by atoms with Crippen LogP contribution in [-0.2, 0) is 0 Å². The SMILES string of the molecule is CC(C)C1CCCC(NC2CCCCCC2)C1. The van der Waals surface area contributed by atoms with E-state index in [1.165, 1.54) is 64.2 Å². The number of hydrogen-bond acceptors (Lipinski definition) is 1. The number of rotatable bonds is 3. The topological polar surface area (TPSA) is 12.0 Å². The van der Waals surface area contributed by atoms with Crippen molar-refractivity contribution in [3.63, 3.8) is 0 Å². The van der Waals surface area contributed by atoms with Crippen LogP contribution in [0.15, 0.2) is 0 Å². The fraction of sp³-hybridized carbons (Fsp3) is 1.00. The maximum absolute atomic E-state index is 3.98. The Kier molecular flexibility index (Phi) is 5.34. The molecule has 100 valence electrons. The average Bonchev–Trinajstić information content (AvgIpc) is 2.58. The van der Waals surface area contributed by atoms with E-state index in [0.717, 1.165) is 23.9 Å². The lowest BCUT2D eigenvalue weighted by molar-refractivity contribution is 0.216. The van der Waals surface area contributed by atoms with Gasteiger partial charge in [0.25, 0.3) is 0 Å². The van der Waals surface area contributed by atoms with Gasteiger partial charge in [-0.25, -0.2) is 0 Å². The Bertz CT molecular complexity index is 204. The van der Waals surface area contributed by atoms with E-state index in [0.29, 0.717) is 0 Å². The molecule has 0 spiro atoms. The second-order valence-corrected chi connectivity index (χ2v) is 6.72. The number of hydrogen-bond donors (Lipinski definition) is 1. The predicted molar refractivity (Wildman–Crippen MR) is 75.2 cm³/mol. The summed E-state index contributed by atoms with van der Waals surface area (Å²) < 4.78 is 0. The Labute approximate surface area is 108 Å². The molecule has 0 aromatic carbocycles. The third-order valence-corrected chi connectivity index (χ3v) is 4.98. The molecule has 2 aliphatic rings. The summed E-state index contributed by atoms with van der Waals surface area (Å²) in [5.74, 6) is 1.86. The van der Waals surface area contributed by atoms with Crippen LogP contribution < -0.4 is 5.32 Å². The molecule has 0 amide bonds. The van der Waals surface area contributed by atoms with Crippen molar-refractivity contribution < 1.29 is 0 Å². The lowest BCUT2D eigenvalue weighted by Gasteiger charge is -2.34. The van der Waals surface area contributed by atoms with Crippen LogP contribution in [0.5, 0.6) is 0 Å². The standard InChI is InChI=1S/C16H31N/c1-13(2)14-8-7-11-16(12-14)17-15-9-5-3-4-6-10-15/h13-17H,3-12H2,1-2H3. The molecule has 2 atom stereocenters. The number of nitrogens with one attached hydrogen (secondary N) is 1. The van der Waals surface area contributed by atoms with Gasteiger partial charge in [0.05, 0.1) is 0 Å². The van der Waals surface area contributed by atoms with Crippen LogP contribution in [0.2, 0.25) is 0 Å². The molecule has 2 fully saturated rings. The highest BCUT2D eigenvalue weighted by atomic mass is 15.0. The minimum Gasteiger partial charge on any atom is -0.311 e. The molecule has 2 rings (SSSR count). The van der Waals surface area contributed by atoms with Crippen molar-refractivity contribution >= 4 is 0 Å². The Morgan fingerprint density at radius 2 is 1.41 bits per heavy atom. The molecule has 0 aromatic rings. The van der Waals surface area contributed by atoms with Gasteiger partial charge in [0.2, 0.25) is 0 Å². The molecule has 2 unspecified atom stereocenters. The monoisotopic (exact) mass is 237 g/mol. The van der Waals surface area contributed by atoms with Crippen LogP contribution >= 0.6 is 0 Å². The van der Waals surface area contributed by atoms with Gasteiger partial charge in [-0.15, -0.1) is 0 Å². The van der Waals surface area contributed by atoms with E-state index < -0.39 is 0 Å². The second kappa shape index (κ2) is 6.78. The molecule has 0 saturated heterocycles. The fourth-order valence-corrected chi connectivity index (χ4v) is 3.76. The summed E-state index contributed by atoms with van der Waals surface area (Å²) in [5.41, 5.74) is 0. The maximum Gasteiger partial charge on any atom is 0.00723 e. The van der Waals surface area contributed by atoms with E-state index in [4.69, 9.17) is 0 Å². The molecule has 0 heterocycles. The van der Waals surface area contributed by atoms with Crippen LogP contribution in [-0.4, -0.2) is 12.1 Å². The first-order valence-electron chi connectivity index (χ1n) is 8.01. The van der Waals surface area contributed by atoms with Gasteiger partial charge in [0, 0.05) is 12.1 Å². The van der Waals surface area contributed by atoms with Gasteiger partial charge in [-0.2, -0.15) is 0 Å². The molecule has 1 heteroatoms. The normalized spacial score (nSPS) is 32.6. The van der Waals surface area contributed by atoms with E-state index in [-0.39, 0.29) is 0 Å². The predicted octanol–water partition coefficient (Wildman–Crippen LogP) is 4.51. The maximum atomic E-state index is 3.98. The highest BCUT2D eigenvalue weighted by Crippen LogP contribution is 2.30. The van der Waals surface area contributed by atoms with Crippen molar-refractivity contribution in [3.8, 4) is 0 Å². The van der Waals surface area contributed by atoms with Crippen LogP contribution in [0.1, 0.15) is 78.1 Å². The lowest BCUT2D eigenvalue weighted by atomic mass is 9.79. The third kappa shape index (κ3) is 4.28. The smallest absolute Gasteiger partial charge is 0.00723 e.